The van der Waals surface area contributed by atoms with Gasteiger partial charge in [-0.1, -0.05) is 49.4 Å². The molecule has 0 aliphatic heterocycles. The maximum atomic E-state index is 2.32. The normalized spacial score (nSPS) is 15.0. The van der Waals surface area contributed by atoms with Gasteiger partial charge in [0.2, 0.25) is 0 Å². The molecular weight excluding hydrogens is 159 g/mol. The van der Waals surface area contributed by atoms with E-state index in [1.54, 1.807) is 5.20 Å². The van der Waals surface area contributed by atoms with Crippen molar-refractivity contribution in [1.82, 2.24) is 0 Å². The molecule has 0 atom stereocenters. The van der Waals surface area contributed by atoms with Crippen molar-refractivity contribution in [1.29, 1.82) is 0 Å². The van der Waals surface area contributed by atoms with Crippen LogP contribution in [0.25, 0.3) is 0 Å². The molecule has 0 nitrogen and oxygen atoms in total. The molecular formula is C9H15NaSi+. The summed E-state index contributed by atoms with van der Waals surface area (Å²) in [6, 6.07) is 2.80. The fourth-order valence-corrected chi connectivity index (χ4v) is 3.56. The second-order valence-corrected chi connectivity index (χ2v) is 5.90. The topological polar surface area (TPSA) is 0 Å². The molecule has 0 aromatic carbocycles. The molecule has 0 heterocycles. The molecule has 1 aliphatic rings. The third kappa shape index (κ3) is 3.28. The smallest absolute Gasteiger partial charge is 0.0809 e. The van der Waals surface area contributed by atoms with Gasteiger partial charge in [0.25, 0.3) is 0 Å². The minimum absolute atomic E-state index is 0. The monoisotopic (exact) mass is 174 g/mol. The Labute approximate surface area is 93.7 Å². The fraction of sp³-hybridized carbons (Fsp3) is 0.556. The van der Waals surface area contributed by atoms with E-state index in [2.05, 4.69) is 32.1 Å². The Morgan fingerprint density at radius 2 is 2.00 bits per heavy atom. The van der Waals surface area contributed by atoms with E-state index in [4.69, 9.17) is 0 Å². The van der Waals surface area contributed by atoms with E-state index in [-0.39, 0.29) is 38.4 Å². The van der Waals surface area contributed by atoms with Gasteiger partial charge >= 0.3 is 29.6 Å². The van der Waals surface area contributed by atoms with E-state index in [9.17, 15) is 0 Å². The Bertz CT molecular complexity index is 157. The van der Waals surface area contributed by atoms with Crippen molar-refractivity contribution in [3.8, 4) is 0 Å². The Balaban J connectivity index is 0.000001000. The summed E-state index contributed by atoms with van der Waals surface area (Å²) in [5.74, 6) is 0. The number of hydrogen-bond acceptors (Lipinski definition) is 0. The summed E-state index contributed by atoms with van der Waals surface area (Å²) in [7, 11) is -0.102. The number of hydrogen-bond donors (Lipinski definition) is 0. The van der Waals surface area contributed by atoms with Crippen molar-refractivity contribution >= 4 is 8.80 Å². The average molecular weight is 174 g/mol. The molecule has 0 fully saturated rings. The van der Waals surface area contributed by atoms with E-state index in [1.165, 1.54) is 18.5 Å². The number of allylic oxidation sites excluding steroid dienone is 4. The van der Waals surface area contributed by atoms with Crippen molar-refractivity contribution in [2.75, 3.05) is 0 Å². The van der Waals surface area contributed by atoms with Gasteiger partial charge in [0, 0.05) is 0 Å². The molecule has 1 radical (unpaired) electrons. The van der Waals surface area contributed by atoms with Gasteiger partial charge in [0.15, 0.2) is 0 Å². The first-order valence-electron chi connectivity index (χ1n) is 4.09. The molecule has 0 aromatic heterocycles. The van der Waals surface area contributed by atoms with Crippen molar-refractivity contribution in [3.05, 3.63) is 23.4 Å². The van der Waals surface area contributed by atoms with Crippen LogP contribution in [0, 0.1) is 0 Å². The molecule has 0 bridgehead atoms. The van der Waals surface area contributed by atoms with Crippen molar-refractivity contribution in [3.63, 3.8) is 0 Å². The van der Waals surface area contributed by atoms with Gasteiger partial charge in [-0.05, 0) is 6.42 Å². The van der Waals surface area contributed by atoms with Gasteiger partial charge in [0.1, 0.15) is 0 Å². The summed E-state index contributed by atoms with van der Waals surface area (Å²) in [5.41, 5.74) is 0. The Morgan fingerprint density at radius 3 is 2.36 bits per heavy atom. The van der Waals surface area contributed by atoms with Crippen LogP contribution in [-0.2, 0) is 0 Å². The molecule has 55 valence electrons. The average Bonchev–Trinajstić information content (AvgIpc) is 2.43. The van der Waals surface area contributed by atoms with Crippen molar-refractivity contribution in [2.45, 2.75) is 32.4 Å². The maximum Gasteiger partial charge on any atom is 1.00 e. The molecule has 0 amide bonds. The predicted molar refractivity (Wildman–Crippen MR) is 48.6 cm³/mol. The van der Waals surface area contributed by atoms with Crippen LogP contribution in [0.5, 0.6) is 0 Å². The zero-order valence-corrected chi connectivity index (χ0v) is 10.9. The van der Waals surface area contributed by atoms with E-state index in [0.717, 1.165) is 0 Å². The summed E-state index contributed by atoms with van der Waals surface area (Å²) in [4.78, 5) is 0. The van der Waals surface area contributed by atoms with E-state index in [0.29, 0.717) is 0 Å². The van der Waals surface area contributed by atoms with Crippen LogP contribution in [0.4, 0.5) is 0 Å². The summed E-state index contributed by atoms with van der Waals surface area (Å²) >= 11 is 0. The SMILES string of the molecule is CC[Si](CC)C1=CC=CC1.[Na+]. The van der Waals surface area contributed by atoms with Gasteiger partial charge in [0.05, 0.1) is 8.80 Å². The zero-order chi connectivity index (χ0) is 7.40. The predicted octanol–water partition coefficient (Wildman–Crippen LogP) is -0.0495. The molecule has 1 rings (SSSR count). The van der Waals surface area contributed by atoms with Crippen LogP contribution in [0.3, 0.4) is 0 Å². The van der Waals surface area contributed by atoms with Crippen LogP contribution in [0.2, 0.25) is 12.1 Å². The van der Waals surface area contributed by atoms with Crippen LogP contribution >= 0.6 is 0 Å². The van der Waals surface area contributed by atoms with E-state index in [1.807, 2.05) is 0 Å². The Morgan fingerprint density at radius 1 is 1.36 bits per heavy atom. The Hall–Kier alpha value is 0.697. The molecule has 1 aliphatic carbocycles. The van der Waals surface area contributed by atoms with Gasteiger partial charge in [-0.3, -0.25) is 0 Å². The minimum Gasteiger partial charge on any atom is -0.0809 e. The van der Waals surface area contributed by atoms with E-state index < -0.39 is 0 Å². The van der Waals surface area contributed by atoms with Gasteiger partial charge in [-0.2, -0.15) is 0 Å². The van der Waals surface area contributed by atoms with E-state index >= 15 is 0 Å². The van der Waals surface area contributed by atoms with Gasteiger partial charge in [-0.25, -0.2) is 0 Å². The maximum absolute atomic E-state index is 2.32. The third-order valence-electron chi connectivity index (χ3n) is 2.08. The van der Waals surface area contributed by atoms with Crippen molar-refractivity contribution < 1.29 is 29.6 Å². The molecule has 2 heteroatoms. The molecule has 0 unspecified atom stereocenters. The molecule has 11 heavy (non-hydrogen) atoms. The minimum atomic E-state index is -0.102. The summed E-state index contributed by atoms with van der Waals surface area (Å²) in [5, 5.41) is 1.73. The Kier molecular flexibility index (Phi) is 6.63. The summed E-state index contributed by atoms with van der Waals surface area (Å²) < 4.78 is 0. The zero-order valence-electron chi connectivity index (χ0n) is 7.85. The quantitative estimate of drug-likeness (QED) is 0.526. The first kappa shape index (κ1) is 11.7. The largest absolute Gasteiger partial charge is 1.00 e. The van der Waals surface area contributed by atoms with Crippen LogP contribution < -0.4 is 29.6 Å². The molecule has 0 N–H and O–H groups in total. The van der Waals surface area contributed by atoms with Crippen LogP contribution in [0.1, 0.15) is 20.3 Å². The van der Waals surface area contributed by atoms with Gasteiger partial charge in [-0.15, -0.1) is 0 Å². The summed E-state index contributed by atoms with van der Waals surface area (Å²) in [6.45, 7) is 4.63. The third-order valence-corrected chi connectivity index (χ3v) is 5.07. The summed E-state index contributed by atoms with van der Waals surface area (Å²) in [6.07, 6.45) is 8.04. The molecule has 0 spiro atoms. The standard InChI is InChI=1S/C9H15Si.Na/c1-3-10(4-2)9-7-5-6-8-9;/h5-7H,3-4,8H2,1-2H3;/q;+1. The number of rotatable bonds is 3. The van der Waals surface area contributed by atoms with Gasteiger partial charge < -0.3 is 0 Å². The fourth-order valence-electron chi connectivity index (χ4n) is 1.41. The second kappa shape index (κ2) is 6.24. The molecule has 0 saturated carbocycles. The first-order valence-corrected chi connectivity index (χ1v) is 6.00. The first-order chi connectivity index (χ1) is 4.88. The second-order valence-electron chi connectivity index (χ2n) is 2.63. The molecule has 0 aromatic rings. The van der Waals surface area contributed by atoms with Crippen LogP contribution in [-0.4, -0.2) is 8.80 Å². The van der Waals surface area contributed by atoms with Crippen LogP contribution in [0.15, 0.2) is 23.4 Å². The van der Waals surface area contributed by atoms with Crippen molar-refractivity contribution in [2.24, 2.45) is 0 Å². The molecule has 0 saturated heterocycles.